The van der Waals surface area contributed by atoms with E-state index in [9.17, 15) is 19.7 Å². The fourth-order valence-electron chi connectivity index (χ4n) is 2.01. The maximum Gasteiger partial charge on any atom is 0.344 e. The Kier molecular flexibility index (Phi) is 6.26. The summed E-state index contributed by atoms with van der Waals surface area (Å²) in [5.74, 6) is -0.900. The van der Waals surface area contributed by atoms with Gasteiger partial charge < -0.3 is 14.8 Å². The summed E-state index contributed by atoms with van der Waals surface area (Å²) in [5.41, 5.74) is 2.69. The lowest BCUT2D eigenvalue weighted by molar-refractivity contribution is -0.384. The number of aryl methyl sites for hydroxylation is 2. The minimum absolute atomic E-state index is 0.0806. The third-order valence-electron chi connectivity index (χ3n) is 3.56. The van der Waals surface area contributed by atoms with Gasteiger partial charge in [0.25, 0.3) is 11.6 Å². The van der Waals surface area contributed by atoms with Crippen molar-refractivity contribution in [2.24, 2.45) is 0 Å². The molecule has 0 fully saturated rings. The molecule has 0 aliphatic carbocycles. The van der Waals surface area contributed by atoms with Crippen LogP contribution in [0.2, 0.25) is 0 Å². The predicted octanol–water partition coefficient (Wildman–Crippen LogP) is 2.77. The minimum atomic E-state index is -0.724. The summed E-state index contributed by atoms with van der Waals surface area (Å²) in [6.45, 7) is 3.05. The first kappa shape index (κ1) is 18.9. The van der Waals surface area contributed by atoms with Gasteiger partial charge in [-0.05, 0) is 49.2 Å². The van der Waals surface area contributed by atoms with Crippen molar-refractivity contribution >= 4 is 23.3 Å². The van der Waals surface area contributed by atoms with E-state index in [0.29, 0.717) is 5.69 Å². The summed E-state index contributed by atoms with van der Waals surface area (Å²) >= 11 is 0. The molecule has 1 N–H and O–H groups in total. The SMILES string of the molecule is Cc1ccc(NC(=O)COC(=O)COc2ccc([N+](=O)[O-])cc2)cc1C. The van der Waals surface area contributed by atoms with Gasteiger partial charge in [-0.1, -0.05) is 6.07 Å². The molecule has 0 saturated carbocycles. The lowest BCUT2D eigenvalue weighted by Crippen LogP contribution is -2.23. The van der Waals surface area contributed by atoms with Crippen molar-refractivity contribution in [3.8, 4) is 5.75 Å². The second kappa shape index (κ2) is 8.61. The second-order valence-electron chi connectivity index (χ2n) is 5.55. The molecule has 8 nitrogen and oxygen atoms in total. The Morgan fingerprint density at radius 2 is 1.73 bits per heavy atom. The van der Waals surface area contributed by atoms with E-state index in [2.05, 4.69) is 5.32 Å². The number of nitrogens with zero attached hydrogens (tertiary/aromatic N) is 1. The van der Waals surface area contributed by atoms with Crippen LogP contribution in [0, 0.1) is 24.0 Å². The second-order valence-corrected chi connectivity index (χ2v) is 5.55. The van der Waals surface area contributed by atoms with Gasteiger partial charge in [-0.25, -0.2) is 4.79 Å². The smallest absolute Gasteiger partial charge is 0.344 e. The lowest BCUT2D eigenvalue weighted by atomic mass is 10.1. The Morgan fingerprint density at radius 1 is 1.04 bits per heavy atom. The minimum Gasteiger partial charge on any atom is -0.482 e. The van der Waals surface area contributed by atoms with Gasteiger partial charge in [0.1, 0.15) is 5.75 Å². The molecule has 136 valence electrons. The molecular formula is C18H18N2O6. The molecule has 2 rings (SSSR count). The molecule has 2 aromatic rings. The van der Waals surface area contributed by atoms with E-state index in [4.69, 9.17) is 9.47 Å². The fourth-order valence-corrected chi connectivity index (χ4v) is 2.01. The van der Waals surface area contributed by atoms with Gasteiger partial charge in [0.05, 0.1) is 4.92 Å². The van der Waals surface area contributed by atoms with Gasteiger partial charge >= 0.3 is 5.97 Å². The Hall–Kier alpha value is -3.42. The monoisotopic (exact) mass is 358 g/mol. The number of carbonyl (C=O) groups excluding carboxylic acids is 2. The number of nitro benzene ring substituents is 1. The van der Waals surface area contributed by atoms with E-state index >= 15 is 0 Å². The summed E-state index contributed by atoms with van der Waals surface area (Å²) in [4.78, 5) is 33.4. The number of amides is 1. The van der Waals surface area contributed by atoms with Crippen LogP contribution < -0.4 is 10.1 Å². The van der Waals surface area contributed by atoms with Crippen molar-refractivity contribution in [3.05, 3.63) is 63.7 Å². The number of carbonyl (C=O) groups is 2. The topological polar surface area (TPSA) is 108 Å². The van der Waals surface area contributed by atoms with Crippen LogP contribution in [0.25, 0.3) is 0 Å². The maximum atomic E-state index is 11.8. The van der Waals surface area contributed by atoms with E-state index in [1.54, 1.807) is 6.07 Å². The molecule has 0 radical (unpaired) electrons. The zero-order valence-corrected chi connectivity index (χ0v) is 14.4. The summed E-state index contributed by atoms with van der Waals surface area (Å²) < 4.78 is 9.98. The molecule has 0 bridgehead atoms. The summed E-state index contributed by atoms with van der Waals surface area (Å²) in [6.07, 6.45) is 0. The Bertz CT molecular complexity index is 817. The number of hydrogen-bond donors (Lipinski definition) is 1. The van der Waals surface area contributed by atoms with E-state index in [0.717, 1.165) is 11.1 Å². The molecule has 0 unspecified atom stereocenters. The lowest BCUT2D eigenvalue weighted by Gasteiger charge is -2.09. The highest BCUT2D eigenvalue weighted by Gasteiger charge is 2.10. The van der Waals surface area contributed by atoms with Crippen molar-refractivity contribution in [2.75, 3.05) is 18.5 Å². The van der Waals surface area contributed by atoms with Crippen molar-refractivity contribution in [2.45, 2.75) is 13.8 Å². The number of benzene rings is 2. The third kappa shape index (κ3) is 5.59. The Labute approximate surface area is 149 Å². The molecule has 2 aromatic carbocycles. The molecule has 1 amide bonds. The Balaban J connectivity index is 1.74. The third-order valence-corrected chi connectivity index (χ3v) is 3.56. The zero-order valence-electron chi connectivity index (χ0n) is 14.4. The number of hydrogen-bond acceptors (Lipinski definition) is 6. The molecule has 0 aliphatic rings. The number of nitro groups is 1. The van der Waals surface area contributed by atoms with Gasteiger partial charge in [-0.15, -0.1) is 0 Å². The van der Waals surface area contributed by atoms with Crippen LogP contribution in [0.1, 0.15) is 11.1 Å². The van der Waals surface area contributed by atoms with Crippen LogP contribution in [0.5, 0.6) is 5.75 Å². The highest BCUT2D eigenvalue weighted by Crippen LogP contribution is 2.17. The quantitative estimate of drug-likeness (QED) is 0.463. The predicted molar refractivity (Wildman–Crippen MR) is 94.1 cm³/mol. The van der Waals surface area contributed by atoms with E-state index in [1.807, 2.05) is 26.0 Å². The number of non-ortho nitro benzene ring substituents is 1. The number of esters is 1. The van der Waals surface area contributed by atoms with Gasteiger partial charge in [-0.2, -0.15) is 0 Å². The van der Waals surface area contributed by atoms with Crippen LogP contribution in [-0.4, -0.2) is 30.0 Å². The van der Waals surface area contributed by atoms with Crippen LogP contribution in [-0.2, 0) is 14.3 Å². The van der Waals surface area contributed by atoms with Gasteiger partial charge in [0.2, 0.25) is 0 Å². The van der Waals surface area contributed by atoms with Gasteiger partial charge in [0, 0.05) is 17.8 Å². The molecule has 26 heavy (non-hydrogen) atoms. The number of anilines is 1. The van der Waals surface area contributed by atoms with Crippen molar-refractivity contribution < 1.29 is 24.0 Å². The normalized spacial score (nSPS) is 10.1. The molecule has 0 spiro atoms. The number of rotatable bonds is 7. The molecule has 0 aliphatic heterocycles. The van der Waals surface area contributed by atoms with Crippen LogP contribution in [0.15, 0.2) is 42.5 Å². The highest BCUT2D eigenvalue weighted by molar-refractivity contribution is 5.93. The first-order valence-electron chi connectivity index (χ1n) is 7.75. The first-order chi connectivity index (χ1) is 12.3. The van der Waals surface area contributed by atoms with Crippen molar-refractivity contribution in [1.82, 2.24) is 0 Å². The van der Waals surface area contributed by atoms with Crippen LogP contribution >= 0.6 is 0 Å². The molecule has 0 heterocycles. The first-order valence-corrected chi connectivity index (χ1v) is 7.75. The van der Waals surface area contributed by atoms with Crippen molar-refractivity contribution in [1.29, 1.82) is 0 Å². The summed E-state index contributed by atoms with van der Waals surface area (Å²) in [5, 5.41) is 13.2. The standard InChI is InChI=1S/C18H18N2O6/c1-12-3-4-14(9-13(12)2)19-17(21)10-26-18(22)11-25-16-7-5-15(6-8-16)20(23)24/h3-9H,10-11H2,1-2H3,(H,19,21). The molecule has 0 saturated heterocycles. The van der Waals surface area contributed by atoms with Crippen molar-refractivity contribution in [3.63, 3.8) is 0 Å². The van der Waals surface area contributed by atoms with Crippen LogP contribution in [0.4, 0.5) is 11.4 Å². The Morgan fingerprint density at radius 3 is 2.35 bits per heavy atom. The average molecular weight is 358 g/mol. The average Bonchev–Trinajstić information content (AvgIpc) is 2.61. The summed E-state index contributed by atoms with van der Waals surface area (Å²) in [7, 11) is 0. The van der Waals surface area contributed by atoms with E-state index in [-0.39, 0.29) is 11.4 Å². The fraction of sp³-hybridized carbons (Fsp3) is 0.222. The van der Waals surface area contributed by atoms with Gasteiger partial charge in [0.15, 0.2) is 13.2 Å². The summed E-state index contributed by atoms with van der Waals surface area (Å²) in [6, 6.07) is 10.7. The largest absolute Gasteiger partial charge is 0.482 e. The maximum absolute atomic E-state index is 11.8. The van der Waals surface area contributed by atoms with Crippen LogP contribution in [0.3, 0.4) is 0 Å². The number of ether oxygens (including phenoxy) is 2. The number of nitrogens with one attached hydrogen (secondary N) is 1. The highest BCUT2D eigenvalue weighted by atomic mass is 16.6. The van der Waals surface area contributed by atoms with E-state index in [1.165, 1.54) is 24.3 Å². The van der Waals surface area contributed by atoms with Gasteiger partial charge in [-0.3, -0.25) is 14.9 Å². The molecule has 0 atom stereocenters. The van der Waals surface area contributed by atoms with E-state index < -0.39 is 30.0 Å². The zero-order chi connectivity index (χ0) is 19.1. The molecule has 8 heteroatoms. The molecular weight excluding hydrogens is 340 g/mol. The molecule has 0 aromatic heterocycles.